The third-order valence-electron chi connectivity index (χ3n) is 2.34. The van der Waals surface area contributed by atoms with Gasteiger partial charge >= 0.3 is 0 Å². The Hall–Kier alpha value is -0.680. The zero-order chi connectivity index (χ0) is 9.68. The maximum absolute atomic E-state index is 10.6. The molecule has 0 amide bonds. The number of nitrogens with zero attached hydrogens (tertiary/aromatic N) is 2. The molecular weight excluding hydrogens is 172 g/mol. The molecule has 0 aromatic rings. The number of hydrogen-bond acceptors (Lipinski definition) is 4. The van der Waals surface area contributed by atoms with Crippen LogP contribution in [0.1, 0.15) is 13.3 Å². The zero-order valence-electron chi connectivity index (χ0n) is 7.94. The topological polar surface area (TPSA) is 55.6 Å². The van der Waals surface area contributed by atoms with Crippen LogP contribution in [-0.2, 0) is 4.74 Å². The lowest BCUT2D eigenvalue weighted by molar-refractivity contribution is -0.523. The molecule has 0 spiro atoms. The highest BCUT2D eigenvalue weighted by atomic mass is 16.6. The summed E-state index contributed by atoms with van der Waals surface area (Å²) < 4.78 is 5.16. The SMILES string of the molecule is CCC(CN1CCOCC1)[N+](=O)[O-]. The summed E-state index contributed by atoms with van der Waals surface area (Å²) in [7, 11) is 0. The summed E-state index contributed by atoms with van der Waals surface area (Å²) in [5.41, 5.74) is 0. The molecule has 13 heavy (non-hydrogen) atoms. The van der Waals surface area contributed by atoms with Crippen molar-refractivity contribution in [3.63, 3.8) is 0 Å². The number of hydrogen-bond donors (Lipinski definition) is 0. The second kappa shape index (κ2) is 5.14. The lowest BCUT2D eigenvalue weighted by Gasteiger charge is -2.27. The van der Waals surface area contributed by atoms with E-state index in [0.29, 0.717) is 26.2 Å². The highest BCUT2D eigenvalue weighted by Gasteiger charge is 2.22. The second-order valence-corrected chi connectivity index (χ2v) is 3.26. The van der Waals surface area contributed by atoms with Gasteiger partial charge in [0.25, 0.3) is 0 Å². The fourth-order valence-electron chi connectivity index (χ4n) is 1.43. The van der Waals surface area contributed by atoms with Crippen molar-refractivity contribution < 1.29 is 9.66 Å². The minimum absolute atomic E-state index is 0.185. The van der Waals surface area contributed by atoms with Crippen LogP contribution in [-0.4, -0.2) is 48.7 Å². The molecule has 1 heterocycles. The van der Waals surface area contributed by atoms with Gasteiger partial charge in [-0.2, -0.15) is 0 Å². The number of nitro groups is 1. The average molecular weight is 188 g/mol. The van der Waals surface area contributed by atoms with E-state index >= 15 is 0 Å². The highest BCUT2D eigenvalue weighted by Crippen LogP contribution is 2.03. The van der Waals surface area contributed by atoms with Crippen LogP contribution in [0.15, 0.2) is 0 Å². The minimum atomic E-state index is -0.418. The minimum Gasteiger partial charge on any atom is -0.379 e. The Morgan fingerprint density at radius 2 is 2.15 bits per heavy atom. The van der Waals surface area contributed by atoms with Crippen LogP contribution < -0.4 is 0 Å². The third kappa shape index (κ3) is 3.28. The van der Waals surface area contributed by atoms with Crippen LogP contribution in [0.2, 0.25) is 0 Å². The van der Waals surface area contributed by atoms with Crippen molar-refractivity contribution in [1.29, 1.82) is 0 Å². The van der Waals surface area contributed by atoms with Crippen molar-refractivity contribution in [2.24, 2.45) is 0 Å². The fourth-order valence-corrected chi connectivity index (χ4v) is 1.43. The fraction of sp³-hybridized carbons (Fsp3) is 1.00. The summed E-state index contributed by atoms with van der Waals surface area (Å²) in [4.78, 5) is 12.5. The Labute approximate surface area is 77.8 Å². The highest BCUT2D eigenvalue weighted by molar-refractivity contribution is 4.66. The van der Waals surface area contributed by atoms with E-state index in [1.807, 2.05) is 6.92 Å². The summed E-state index contributed by atoms with van der Waals surface area (Å²) in [5, 5.41) is 10.6. The molecule has 5 heteroatoms. The maximum Gasteiger partial charge on any atom is 0.225 e. The Morgan fingerprint density at radius 1 is 1.54 bits per heavy atom. The maximum atomic E-state index is 10.6. The van der Waals surface area contributed by atoms with E-state index in [1.165, 1.54) is 0 Å². The molecule has 0 radical (unpaired) electrons. The molecule has 1 rings (SSSR count). The zero-order valence-corrected chi connectivity index (χ0v) is 7.94. The van der Waals surface area contributed by atoms with E-state index in [9.17, 15) is 10.1 Å². The van der Waals surface area contributed by atoms with Gasteiger partial charge in [-0.1, -0.05) is 6.92 Å². The lowest BCUT2D eigenvalue weighted by Crippen LogP contribution is -2.42. The summed E-state index contributed by atoms with van der Waals surface area (Å²) in [6, 6.07) is -0.418. The van der Waals surface area contributed by atoms with E-state index in [2.05, 4.69) is 4.90 Å². The Bertz CT molecular complexity index is 169. The molecule has 0 aliphatic carbocycles. The van der Waals surface area contributed by atoms with E-state index in [4.69, 9.17) is 4.74 Å². The normalized spacial score (nSPS) is 21.3. The van der Waals surface area contributed by atoms with Crippen molar-refractivity contribution in [3.8, 4) is 0 Å². The van der Waals surface area contributed by atoms with Gasteiger partial charge in [0, 0.05) is 24.4 Å². The number of morpholine rings is 1. The van der Waals surface area contributed by atoms with E-state index in [1.54, 1.807) is 0 Å². The lowest BCUT2D eigenvalue weighted by atomic mass is 10.2. The third-order valence-corrected chi connectivity index (χ3v) is 2.34. The molecule has 1 fully saturated rings. The molecule has 1 aliphatic heterocycles. The molecule has 1 unspecified atom stereocenters. The van der Waals surface area contributed by atoms with E-state index in [0.717, 1.165) is 13.1 Å². The van der Waals surface area contributed by atoms with Gasteiger partial charge in [0.05, 0.1) is 19.8 Å². The Balaban J connectivity index is 2.31. The second-order valence-electron chi connectivity index (χ2n) is 3.26. The van der Waals surface area contributed by atoms with Crippen molar-refractivity contribution in [2.45, 2.75) is 19.4 Å². The number of ether oxygens (including phenoxy) is 1. The van der Waals surface area contributed by atoms with Crippen molar-refractivity contribution in [2.75, 3.05) is 32.8 Å². The predicted molar refractivity (Wildman–Crippen MR) is 48.3 cm³/mol. The Kier molecular flexibility index (Phi) is 4.11. The van der Waals surface area contributed by atoms with Gasteiger partial charge in [-0.15, -0.1) is 0 Å². The summed E-state index contributed by atoms with van der Waals surface area (Å²) in [6.45, 7) is 5.47. The van der Waals surface area contributed by atoms with Crippen LogP contribution in [0.3, 0.4) is 0 Å². The van der Waals surface area contributed by atoms with Crippen molar-refractivity contribution >= 4 is 0 Å². The van der Waals surface area contributed by atoms with Gasteiger partial charge in [-0.25, -0.2) is 0 Å². The van der Waals surface area contributed by atoms with Gasteiger partial charge in [0.15, 0.2) is 0 Å². The van der Waals surface area contributed by atoms with Gasteiger partial charge in [-0.05, 0) is 0 Å². The molecule has 1 atom stereocenters. The first-order valence-corrected chi connectivity index (χ1v) is 4.67. The molecule has 0 saturated carbocycles. The van der Waals surface area contributed by atoms with Crippen LogP contribution >= 0.6 is 0 Å². The molecule has 1 aliphatic rings. The van der Waals surface area contributed by atoms with Gasteiger partial charge in [0.1, 0.15) is 0 Å². The van der Waals surface area contributed by atoms with Crippen molar-refractivity contribution in [3.05, 3.63) is 10.1 Å². The molecule has 0 bridgehead atoms. The van der Waals surface area contributed by atoms with Crippen LogP contribution in [0.5, 0.6) is 0 Å². The first kappa shape index (κ1) is 10.4. The molecule has 0 N–H and O–H groups in total. The number of rotatable bonds is 4. The van der Waals surface area contributed by atoms with Gasteiger partial charge in [0.2, 0.25) is 6.04 Å². The van der Waals surface area contributed by atoms with Crippen LogP contribution in [0.4, 0.5) is 0 Å². The van der Waals surface area contributed by atoms with Gasteiger partial charge < -0.3 is 4.74 Å². The van der Waals surface area contributed by atoms with Crippen molar-refractivity contribution in [1.82, 2.24) is 4.90 Å². The molecule has 1 saturated heterocycles. The molecule has 0 aromatic heterocycles. The molecule has 0 aromatic carbocycles. The van der Waals surface area contributed by atoms with Crippen LogP contribution in [0.25, 0.3) is 0 Å². The molecule has 5 nitrogen and oxygen atoms in total. The quantitative estimate of drug-likeness (QED) is 0.472. The summed E-state index contributed by atoms with van der Waals surface area (Å²) in [6.07, 6.45) is 0.602. The van der Waals surface area contributed by atoms with Gasteiger partial charge in [-0.3, -0.25) is 15.0 Å². The Morgan fingerprint density at radius 3 is 2.62 bits per heavy atom. The standard InChI is InChI=1S/C8H16N2O3/c1-2-8(10(11)12)7-9-3-5-13-6-4-9/h8H,2-7H2,1H3. The average Bonchev–Trinajstić information content (AvgIpc) is 2.15. The smallest absolute Gasteiger partial charge is 0.225 e. The molecule has 76 valence electrons. The largest absolute Gasteiger partial charge is 0.379 e. The predicted octanol–water partition coefficient (Wildman–Crippen LogP) is 0.374. The first-order chi connectivity index (χ1) is 6.24. The van der Waals surface area contributed by atoms with Crippen LogP contribution in [0, 0.1) is 10.1 Å². The first-order valence-electron chi connectivity index (χ1n) is 4.67. The van der Waals surface area contributed by atoms with E-state index in [-0.39, 0.29) is 4.92 Å². The molecular formula is C8H16N2O3. The monoisotopic (exact) mass is 188 g/mol. The van der Waals surface area contributed by atoms with E-state index < -0.39 is 6.04 Å². The summed E-state index contributed by atoms with van der Waals surface area (Å²) in [5.74, 6) is 0. The summed E-state index contributed by atoms with van der Waals surface area (Å²) >= 11 is 0.